The summed E-state index contributed by atoms with van der Waals surface area (Å²) in [5.41, 5.74) is 1.19. The maximum atomic E-state index is 3.70. The molecule has 2 aromatic rings. The summed E-state index contributed by atoms with van der Waals surface area (Å²) in [7, 11) is 0. The third-order valence-corrected chi connectivity index (χ3v) is 1.65. The summed E-state index contributed by atoms with van der Waals surface area (Å²) in [4.78, 5) is 0. The minimum Gasteiger partial charge on any atom is -0.349 e. The normalized spacial score (nSPS) is 9.85. The van der Waals surface area contributed by atoms with Crippen LogP contribution < -0.4 is 5.32 Å². The lowest BCUT2D eigenvalue weighted by Gasteiger charge is -2.00. The fraction of sp³-hybridized carbons (Fsp3) is 0.125. The number of rotatable bonds is 3. The third kappa shape index (κ3) is 2.02. The van der Waals surface area contributed by atoms with Gasteiger partial charge in [0, 0.05) is 6.54 Å². The van der Waals surface area contributed by atoms with E-state index in [1.807, 2.05) is 30.3 Å². The van der Waals surface area contributed by atoms with E-state index in [4.69, 9.17) is 0 Å². The Morgan fingerprint density at radius 1 is 1.23 bits per heavy atom. The largest absolute Gasteiger partial charge is 0.349 e. The van der Waals surface area contributed by atoms with Crippen molar-refractivity contribution in [3.8, 4) is 0 Å². The first-order valence-corrected chi connectivity index (χ1v) is 3.97. The predicted octanol–water partition coefficient (Wildman–Crippen LogP) is 0.812. The molecule has 0 radical (unpaired) electrons. The highest BCUT2D eigenvalue weighted by Gasteiger charge is 1.94. The van der Waals surface area contributed by atoms with Gasteiger partial charge in [0.25, 0.3) is 0 Å². The molecule has 1 heterocycles. The molecule has 1 aromatic carbocycles. The van der Waals surface area contributed by atoms with Gasteiger partial charge in [-0.05, 0) is 16.0 Å². The summed E-state index contributed by atoms with van der Waals surface area (Å²) < 4.78 is 0. The van der Waals surface area contributed by atoms with Crippen molar-refractivity contribution in [2.45, 2.75) is 6.54 Å². The number of hydrogen-bond donors (Lipinski definition) is 2. The average molecular weight is 175 g/mol. The van der Waals surface area contributed by atoms with Crippen LogP contribution in [0.5, 0.6) is 0 Å². The standard InChI is InChI=1S/C8H9N5/c1-2-4-7(5-3-1)6-9-8-10-12-13-11-8/h1-5H,6H2,(H2,9,10,11,12,13). The lowest BCUT2D eigenvalue weighted by atomic mass is 10.2. The van der Waals surface area contributed by atoms with E-state index < -0.39 is 0 Å². The van der Waals surface area contributed by atoms with E-state index in [9.17, 15) is 0 Å². The first kappa shape index (κ1) is 7.72. The number of anilines is 1. The summed E-state index contributed by atoms with van der Waals surface area (Å²) in [6.07, 6.45) is 0. The highest BCUT2D eigenvalue weighted by atomic mass is 15.5. The molecule has 0 spiro atoms. The van der Waals surface area contributed by atoms with E-state index in [1.165, 1.54) is 5.56 Å². The first-order chi connectivity index (χ1) is 6.45. The molecule has 0 aliphatic rings. The van der Waals surface area contributed by atoms with Crippen LogP contribution in [0.1, 0.15) is 5.56 Å². The molecule has 2 N–H and O–H groups in total. The molecule has 5 nitrogen and oxygen atoms in total. The second-order valence-corrected chi connectivity index (χ2v) is 2.59. The van der Waals surface area contributed by atoms with E-state index in [2.05, 4.69) is 25.9 Å². The van der Waals surface area contributed by atoms with Crippen LogP contribution in [0.3, 0.4) is 0 Å². The van der Waals surface area contributed by atoms with Gasteiger partial charge in [-0.2, -0.15) is 0 Å². The molecule has 13 heavy (non-hydrogen) atoms. The summed E-state index contributed by atoms with van der Waals surface area (Å²) in [5.74, 6) is 0.587. The lowest BCUT2D eigenvalue weighted by Crippen LogP contribution is -2.00. The Kier molecular flexibility index (Phi) is 2.18. The molecule has 1 aromatic heterocycles. The van der Waals surface area contributed by atoms with Crippen LogP contribution in [0.15, 0.2) is 30.3 Å². The van der Waals surface area contributed by atoms with Crippen LogP contribution in [-0.2, 0) is 6.54 Å². The third-order valence-electron chi connectivity index (χ3n) is 1.65. The van der Waals surface area contributed by atoms with E-state index in [0.29, 0.717) is 5.95 Å². The summed E-state index contributed by atoms with van der Waals surface area (Å²) >= 11 is 0. The van der Waals surface area contributed by atoms with Gasteiger partial charge >= 0.3 is 0 Å². The predicted molar refractivity (Wildman–Crippen MR) is 47.9 cm³/mol. The Labute approximate surface area is 75.2 Å². The Morgan fingerprint density at radius 3 is 2.77 bits per heavy atom. The molecule has 0 fully saturated rings. The van der Waals surface area contributed by atoms with Crippen molar-refractivity contribution in [3.63, 3.8) is 0 Å². The first-order valence-electron chi connectivity index (χ1n) is 3.97. The molecular weight excluding hydrogens is 166 g/mol. The SMILES string of the molecule is c1ccc(CNc2nnn[nH]2)cc1. The zero-order valence-corrected chi connectivity index (χ0v) is 6.94. The van der Waals surface area contributed by atoms with Gasteiger partial charge in [-0.15, -0.1) is 0 Å². The molecule has 2 rings (SSSR count). The molecule has 5 heteroatoms. The maximum Gasteiger partial charge on any atom is 0.240 e. The van der Waals surface area contributed by atoms with E-state index in [1.54, 1.807) is 0 Å². The molecular formula is C8H9N5. The quantitative estimate of drug-likeness (QED) is 0.724. The average Bonchev–Trinajstić information content (AvgIpc) is 2.69. The Bertz CT molecular complexity index is 342. The minimum absolute atomic E-state index is 0.587. The van der Waals surface area contributed by atoms with Crippen LogP contribution in [0, 0.1) is 0 Å². The fourth-order valence-electron chi connectivity index (χ4n) is 1.02. The fourth-order valence-corrected chi connectivity index (χ4v) is 1.02. The number of H-pyrrole nitrogens is 1. The molecule has 0 unspecified atom stereocenters. The van der Waals surface area contributed by atoms with Crippen LogP contribution in [0.25, 0.3) is 0 Å². The molecule has 0 bridgehead atoms. The molecule has 66 valence electrons. The van der Waals surface area contributed by atoms with Crippen molar-refractivity contribution in [2.24, 2.45) is 0 Å². The van der Waals surface area contributed by atoms with E-state index in [0.717, 1.165) is 6.54 Å². The number of hydrogen-bond acceptors (Lipinski definition) is 4. The Balaban J connectivity index is 1.94. The topological polar surface area (TPSA) is 66.5 Å². The zero-order valence-electron chi connectivity index (χ0n) is 6.94. The minimum atomic E-state index is 0.587. The highest BCUT2D eigenvalue weighted by molar-refractivity contribution is 5.24. The number of tetrazole rings is 1. The molecule has 0 amide bonds. The van der Waals surface area contributed by atoms with Gasteiger partial charge in [-0.1, -0.05) is 35.4 Å². The van der Waals surface area contributed by atoms with Crippen LogP contribution in [-0.4, -0.2) is 20.6 Å². The maximum absolute atomic E-state index is 3.70. The molecule has 0 saturated carbocycles. The molecule has 0 aliphatic heterocycles. The number of nitrogens with one attached hydrogen (secondary N) is 2. The van der Waals surface area contributed by atoms with Crippen molar-refractivity contribution in [2.75, 3.05) is 5.32 Å². The Morgan fingerprint density at radius 2 is 2.08 bits per heavy atom. The number of aromatic amines is 1. The summed E-state index contributed by atoms with van der Waals surface area (Å²) in [5, 5.41) is 16.3. The molecule has 0 aliphatic carbocycles. The number of benzene rings is 1. The van der Waals surface area contributed by atoms with Gasteiger partial charge in [0.1, 0.15) is 0 Å². The second-order valence-electron chi connectivity index (χ2n) is 2.59. The van der Waals surface area contributed by atoms with Gasteiger partial charge in [-0.3, -0.25) is 0 Å². The van der Waals surface area contributed by atoms with Crippen molar-refractivity contribution in [1.29, 1.82) is 0 Å². The summed E-state index contributed by atoms with van der Waals surface area (Å²) in [6, 6.07) is 10.1. The smallest absolute Gasteiger partial charge is 0.240 e. The van der Waals surface area contributed by atoms with Gasteiger partial charge in [0.2, 0.25) is 5.95 Å². The molecule has 0 saturated heterocycles. The van der Waals surface area contributed by atoms with E-state index in [-0.39, 0.29) is 0 Å². The lowest BCUT2D eigenvalue weighted by molar-refractivity contribution is 0.881. The monoisotopic (exact) mass is 175 g/mol. The van der Waals surface area contributed by atoms with Crippen molar-refractivity contribution >= 4 is 5.95 Å². The van der Waals surface area contributed by atoms with Gasteiger partial charge in [-0.25, -0.2) is 5.10 Å². The van der Waals surface area contributed by atoms with Crippen LogP contribution in [0.4, 0.5) is 5.95 Å². The van der Waals surface area contributed by atoms with Crippen molar-refractivity contribution in [3.05, 3.63) is 35.9 Å². The van der Waals surface area contributed by atoms with Crippen LogP contribution >= 0.6 is 0 Å². The number of aromatic nitrogens is 4. The van der Waals surface area contributed by atoms with Crippen molar-refractivity contribution in [1.82, 2.24) is 20.6 Å². The van der Waals surface area contributed by atoms with Gasteiger partial charge in [0.05, 0.1) is 0 Å². The van der Waals surface area contributed by atoms with E-state index >= 15 is 0 Å². The zero-order chi connectivity index (χ0) is 8.93. The second kappa shape index (κ2) is 3.66. The molecule has 0 atom stereocenters. The van der Waals surface area contributed by atoms with Gasteiger partial charge in [0.15, 0.2) is 0 Å². The summed E-state index contributed by atoms with van der Waals surface area (Å²) in [6.45, 7) is 0.720. The van der Waals surface area contributed by atoms with Crippen LogP contribution in [0.2, 0.25) is 0 Å². The van der Waals surface area contributed by atoms with Gasteiger partial charge < -0.3 is 5.32 Å². The highest BCUT2D eigenvalue weighted by Crippen LogP contribution is 2.00. The number of nitrogens with zero attached hydrogens (tertiary/aromatic N) is 3. The van der Waals surface area contributed by atoms with Crippen molar-refractivity contribution < 1.29 is 0 Å². The Hall–Kier alpha value is -1.91.